The molecular weight excluding hydrogens is 349 g/mol. The van der Waals surface area contributed by atoms with E-state index in [4.69, 9.17) is 5.41 Å². The molecule has 2 aliphatic heterocycles. The molecule has 0 spiro atoms. The summed E-state index contributed by atoms with van der Waals surface area (Å²) < 4.78 is 14.6. The highest BCUT2D eigenvalue weighted by Gasteiger charge is 2.28. The average Bonchev–Trinajstić information content (AvgIpc) is 2.96. The van der Waals surface area contributed by atoms with Crippen LogP contribution in [-0.2, 0) is 4.79 Å². The van der Waals surface area contributed by atoms with Crippen LogP contribution in [0.15, 0.2) is 18.2 Å². The third-order valence-corrected chi connectivity index (χ3v) is 4.81. The van der Waals surface area contributed by atoms with Crippen LogP contribution < -0.4 is 10.6 Å². The van der Waals surface area contributed by atoms with E-state index in [1.165, 1.54) is 12.1 Å². The zero-order valence-corrected chi connectivity index (χ0v) is 15.3. The molecule has 2 atom stereocenters. The van der Waals surface area contributed by atoms with E-state index in [2.05, 4.69) is 34.3 Å². The Labute approximate surface area is 157 Å². The number of likely N-dealkylation sites (N-methyl/N-ethyl adjacent to an activating group) is 1. The first-order chi connectivity index (χ1) is 12.9. The van der Waals surface area contributed by atoms with Gasteiger partial charge in [-0.25, -0.2) is 9.18 Å². The molecule has 1 aromatic rings. The third kappa shape index (κ3) is 4.09. The summed E-state index contributed by atoms with van der Waals surface area (Å²) in [4.78, 5) is 26.7. The summed E-state index contributed by atoms with van der Waals surface area (Å²) in [5.74, 6) is 4.41. The number of benzene rings is 1. The number of nitrogens with zero attached hydrogens (tertiary/aromatic N) is 2. The summed E-state index contributed by atoms with van der Waals surface area (Å²) in [5, 5.41) is 12.9. The van der Waals surface area contributed by atoms with Gasteiger partial charge in [-0.3, -0.25) is 20.4 Å². The quantitative estimate of drug-likeness (QED) is 0.310. The van der Waals surface area contributed by atoms with Gasteiger partial charge in [-0.2, -0.15) is 0 Å². The molecule has 3 N–H and O–H groups in total. The maximum atomic E-state index is 14.6. The van der Waals surface area contributed by atoms with Gasteiger partial charge in [-0.05, 0) is 31.7 Å². The van der Waals surface area contributed by atoms with E-state index in [1.54, 1.807) is 6.07 Å². The zero-order chi connectivity index (χ0) is 19.6. The van der Waals surface area contributed by atoms with Gasteiger partial charge in [0.05, 0.1) is 5.56 Å². The van der Waals surface area contributed by atoms with Gasteiger partial charge in [-0.1, -0.05) is 18.8 Å². The maximum absolute atomic E-state index is 14.6. The number of imide groups is 1. The monoisotopic (exact) mass is 371 g/mol. The lowest BCUT2D eigenvalue weighted by molar-refractivity contribution is -0.119. The lowest BCUT2D eigenvalue weighted by Gasteiger charge is -2.41. The van der Waals surface area contributed by atoms with Crippen molar-refractivity contribution in [3.8, 4) is 11.8 Å². The topological polar surface area (TPSA) is 88.5 Å². The Hall–Kier alpha value is -2.92. The average molecular weight is 371 g/mol. The third-order valence-electron chi connectivity index (χ3n) is 4.81. The number of hydrogen-bond acceptors (Lipinski definition) is 4. The van der Waals surface area contributed by atoms with Gasteiger partial charge in [0.2, 0.25) is 0 Å². The van der Waals surface area contributed by atoms with Crippen LogP contribution >= 0.6 is 0 Å². The smallest absolute Gasteiger partial charge is 0.322 e. The second kappa shape index (κ2) is 7.76. The fraction of sp³-hybridized carbons (Fsp3) is 0.421. The van der Waals surface area contributed by atoms with E-state index in [0.29, 0.717) is 12.1 Å². The minimum absolute atomic E-state index is 0.134. The lowest BCUT2D eigenvalue weighted by atomic mass is 10.1. The van der Waals surface area contributed by atoms with Crippen LogP contribution in [0.2, 0.25) is 0 Å². The number of halogens is 1. The first-order valence-corrected chi connectivity index (χ1v) is 8.89. The van der Waals surface area contributed by atoms with Crippen molar-refractivity contribution in [3.63, 3.8) is 0 Å². The molecule has 2 fully saturated rings. The standard InChI is InChI=1S/C19H22FN5O2/c1-3-24-8-9-25(12(2)11-24)17(21)14-6-4-13(10-15(14)20)5-7-16-18(26)23-19(27)22-16/h4,6,10,12,16,21H,3,8-9,11H2,1-2H3,(H2,22,23,26,27). The van der Waals surface area contributed by atoms with Crippen molar-refractivity contribution >= 4 is 17.8 Å². The number of rotatable bonds is 2. The highest BCUT2D eigenvalue weighted by atomic mass is 19.1. The van der Waals surface area contributed by atoms with E-state index >= 15 is 0 Å². The van der Waals surface area contributed by atoms with Gasteiger partial charge in [0, 0.05) is 31.2 Å². The predicted molar refractivity (Wildman–Crippen MR) is 98.9 cm³/mol. The minimum Gasteiger partial charge on any atom is -0.351 e. The van der Waals surface area contributed by atoms with E-state index < -0.39 is 23.8 Å². The van der Waals surface area contributed by atoms with E-state index in [-0.39, 0.29) is 17.4 Å². The molecule has 2 saturated heterocycles. The maximum Gasteiger partial charge on any atom is 0.322 e. The molecule has 7 nitrogen and oxygen atoms in total. The van der Waals surface area contributed by atoms with Crippen LogP contribution in [-0.4, -0.2) is 65.8 Å². The molecule has 8 heteroatoms. The van der Waals surface area contributed by atoms with Crippen molar-refractivity contribution in [2.45, 2.75) is 25.9 Å². The van der Waals surface area contributed by atoms with Crippen LogP contribution in [0.1, 0.15) is 25.0 Å². The van der Waals surface area contributed by atoms with Gasteiger partial charge in [0.1, 0.15) is 11.7 Å². The first kappa shape index (κ1) is 18.9. The Bertz CT molecular complexity index is 844. The summed E-state index contributed by atoms with van der Waals surface area (Å²) in [7, 11) is 0. The largest absolute Gasteiger partial charge is 0.351 e. The molecular formula is C19H22FN5O2. The van der Waals surface area contributed by atoms with Gasteiger partial charge in [0.15, 0.2) is 6.04 Å². The number of carbonyl (C=O) groups is 2. The fourth-order valence-electron chi connectivity index (χ4n) is 3.27. The second-order valence-corrected chi connectivity index (χ2v) is 6.64. The first-order valence-electron chi connectivity index (χ1n) is 8.89. The molecule has 3 amide bonds. The minimum atomic E-state index is -0.936. The Balaban J connectivity index is 1.73. The summed E-state index contributed by atoms with van der Waals surface area (Å²) in [6.45, 7) is 7.49. The normalized spacial score (nSPS) is 22.7. The van der Waals surface area contributed by atoms with Gasteiger partial charge in [-0.15, -0.1) is 0 Å². The van der Waals surface area contributed by atoms with Crippen molar-refractivity contribution in [1.82, 2.24) is 20.4 Å². The van der Waals surface area contributed by atoms with Crippen molar-refractivity contribution in [1.29, 1.82) is 5.41 Å². The Morgan fingerprint density at radius 1 is 1.37 bits per heavy atom. The molecule has 142 valence electrons. The number of urea groups is 1. The molecule has 1 aromatic carbocycles. The molecule has 0 bridgehead atoms. The number of amidine groups is 1. The van der Waals surface area contributed by atoms with E-state index in [0.717, 1.165) is 19.6 Å². The second-order valence-electron chi connectivity index (χ2n) is 6.64. The molecule has 2 unspecified atom stereocenters. The number of nitrogens with one attached hydrogen (secondary N) is 3. The molecule has 2 heterocycles. The molecule has 0 aromatic heterocycles. The Morgan fingerprint density at radius 3 is 2.74 bits per heavy atom. The van der Waals surface area contributed by atoms with Crippen LogP contribution in [0.4, 0.5) is 9.18 Å². The predicted octanol–water partition coefficient (Wildman–Crippen LogP) is 0.737. The lowest BCUT2D eigenvalue weighted by Crippen LogP contribution is -2.53. The molecule has 3 rings (SSSR count). The van der Waals surface area contributed by atoms with Crippen molar-refractivity contribution in [3.05, 3.63) is 35.1 Å². The molecule has 0 aliphatic carbocycles. The fourth-order valence-corrected chi connectivity index (χ4v) is 3.27. The highest BCUT2D eigenvalue weighted by molar-refractivity contribution is 6.05. The van der Waals surface area contributed by atoms with Crippen LogP contribution in [0.25, 0.3) is 0 Å². The Morgan fingerprint density at radius 2 is 2.15 bits per heavy atom. The number of amides is 3. The summed E-state index contributed by atoms with van der Waals surface area (Å²) in [5.41, 5.74) is 0.603. The van der Waals surface area contributed by atoms with Gasteiger partial charge >= 0.3 is 6.03 Å². The summed E-state index contributed by atoms with van der Waals surface area (Å²) >= 11 is 0. The zero-order valence-electron chi connectivity index (χ0n) is 15.3. The number of hydrogen-bond donors (Lipinski definition) is 3. The van der Waals surface area contributed by atoms with Crippen LogP contribution in [0.3, 0.4) is 0 Å². The summed E-state index contributed by atoms with van der Waals surface area (Å²) in [6, 6.07) is 3.00. The van der Waals surface area contributed by atoms with Crippen LogP contribution in [0, 0.1) is 23.1 Å². The van der Waals surface area contributed by atoms with E-state index in [1.807, 2.05) is 11.8 Å². The highest BCUT2D eigenvalue weighted by Crippen LogP contribution is 2.17. The van der Waals surface area contributed by atoms with Crippen molar-refractivity contribution in [2.75, 3.05) is 26.2 Å². The molecule has 27 heavy (non-hydrogen) atoms. The van der Waals surface area contributed by atoms with Gasteiger partial charge < -0.3 is 10.2 Å². The summed E-state index contributed by atoms with van der Waals surface area (Å²) in [6.07, 6.45) is 0. The van der Waals surface area contributed by atoms with Gasteiger partial charge in [0.25, 0.3) is 5.91 Å². The van der Waals surface area contributed by atoms with Crippen LogP contribution in [0.5, 0.6) is 0 Å². The molecule has 2 aliphatic rings. The number of carbonyl (C=O) groups excluding carboxylic acids is 2. The molecule has 0 saturated carbocycles. The van der Waals surface area contributed by atoms with Crippen molar-refractivity contribution in [2.24, 2.45) is 0 Å². The van der Waals surface area contributed by atoms with Crippen molar-refractivity contribution < 1.29 is 14.0 Å². The molecule has 0 radical (unpaired) electrons. The SMILES string of the molecule is CCN1CCN(C(=N)c2ccc(C#CC3NC(=O)NC3=O)cc2F)C(C)C1. The number of piperazine rings is 1. The Kier molecular flexibility index (Phi) is 5.42. The van der Waals surface area contributed by atoms with E-state index in [9.17, 15) is 14.0 Å².